The van der Waals surface area contributed by atoms with E-state index in [4.69, 9.17) is 4.74 Å². The zero-order chi connectivity index (χ0) is 29.8. The molecule has 4 aromatic carbocycles. The molecule has 2 fully saturated rings. The van der Waals surface area contributed by atoms with Gasteiger partial charge in [0.2, 0.25) is 11.8 Å². The molecule has 0 bridgehead atoms. The number of nitrogens with zero attached hydrogens (tertiary/aromatic N) is 2. The first-order valence-corrected chi connectivity index (χ1v) is 14.7. The number of ether oxygens (including phenoxy) is 1. The number of Topliss-reactive ketones (excluding diaryl/α,β-unsaturated/α-hetero) is 2. The van der Waals surface area contributed by atoms with Gasteiger partial charge in [-0.25, -0.2) is 4.90 Å². The van der Waals surface area contributed by atoms with Crippen molar-refractivity contribution in [2.24, 2.45) is 11.8 Å². The van der Waals surface area contributed by atoms with Gasteiger partial charge in [0.25, 0.3) is 0 Å². The van der Waals surface area contributed by atoms with Crippen molar-refractivity contribution in [3.8, 4) is 5.75 Å². The van der Waals surface area contributed by atoms with Gasteiger partial charge in [0, 0.05) is 28.3 Å². The highest BCUT2D eigenvalue weighted by molar-refractivity contribution is 9.10. The van der Waals surface area contributed by atoms with E-state index in [9.17, 15) is 19.2 Å². The highest BCUT2D eigenvalue weighted by atomic mass is 79.9. The summed E-state index contributed by atoms with van der Waals surface area (Å²) in [4.78, 5) is 59.3. The maximum Gasteiger partial charge on any atom is 0.240 e. The predicted molar refractivity (Wildman–Crippen MR) is 166 cm³/mol. The molecule has 3 heterocycles. The number of allylic oxidation sites excluding steroid dienone is 2. The van der Waals surface area contributed by atoms with Gasteiger partial charge < -0.3 is 9.64 Å². The van der Waals surface area contributed by atoms with Crippen LogP contribution in [0.1, 0.15) is 20.7 Å². The van der Waals surface area contributed by atoms with Gasteiger partial charge in [-0.2, -0.15) is 0 Å². The molecule has 8 heteroatoms. The number of rotatable bonds is 6. The molecule has 43 heavy (non-hydrogen) atoms. The number of benzene rings is 4. The number of carbonyl (C=O) groups is 4. The maximum absolute atomic E-state index is 14.3. The van der Waals surface area contributed by atoms with Gasteiger partial charge in [0.05, 0.1) is 35.1 Å². The van der Waals surface area contributed by atoms with E-state index >= 15 is 0 Å². The second kappa shape index (κ2) is 10.5. The Kier molecular flexibility index (Phi) is 6.58. The minimum atomic E-state index is -0.951. The van der Waals surface area contributed by atoms with E-state index in [0.29, 0.717) is 32.6 Å². The van der Waals surface area contributed by atoms with Crippen LogP contribution in [0, 0.1) is 11.8 Å². The lowest BCUT2D eigenvalue weighted by atomic mass is 9.85. The predicted octanol–water partition coefficient (Wildman–Crippen LogP) is 5.99. The number of amides is 2. The van der Waals surface area contributed by atoms with Crippen molar-refractivity contribution in [2.75, 3.05) is 12.0 Å². The van der Waals surface area contributed by atoms with Crippen molar-refractivity contribution < 1.29 is 23.9 Å². The highest BCUT2D eigenvalue weighted by Crippen LogP contribution is 2.48. The van der Waals surface area contributed by atoms with Crippen molar-refractivity contribution in [3.63, 3.8) is 0 Å². The Morgan fingerprint density at radius 2 is 1.53 bits per heavy atom. The Morgan fingerprint density at radius 1 is 0.814 bits per heavy atom. The molecular formula is C35H25BrN2O5. The molecule has 0 aromatic heterocycles. The van der Waals surface area contributed by atoms with E-state index < -0.39 is 29.8 Å². The third kappa shape index (κ3) is 4.24. The fourth-order valence-corrected chi connectivity index (χ4v) is 7.13. The fraction of sp³-hybridized carbons (Fsp3) is 0.143. The van der Waals surface area contributed by atoms with E-state index in [2.05, 4.69) is 15.9 Å². The average Bonchev–Trinajstić information content (AvgIpc) is 3.51. The van der Waals surface area contributed by atoms with Crippen molar-refractivity contribution in [3.05, 3.63) is 131 Å². The molecule has 4 aromatic rings. The number of methoxy groups -OCH3 is 1. The molecule has 0 unspecified atom stereocenters. The van der Waals surface area contributed by atoms with Crippen LogP contribution in [-0.2, 0) is 9.59 Å². The van der Waals surface area contributed by atoms with Crippen LogP contribution in [0.2, 0.25) is 0 Å². The van der Waals surface area contributed by atoms with Crippen molar-refractivity contribution in [1.29, 1.82) is 0 Å². The van der Waals surface area contributed by atoms with E-state index in [-0.39, 0.29) is 17.5 Å². The Bertz CT molecular complexity index is 1890. The van der Waals surface area contributed by atoms with Crippen LogP contribution in [0.3, 0.4) is 0 Å². The number of imide groups is 1. The first-order valence-electron chi connectivity index (χ1n) is 13.9. The third-order valence-corrected chi connectivity index (χ3v) is 9.18. The molecule has 0 saturated carbocycles. The fourth-order valence-electron chi connectivity index (χ4n) is 6.59. The number of hydrogen-bond donors (Lipinski definition) is 0. The molecule has 7 rings (SSSR count). The normalized spacial score (nSPS) is 22.4. The summed E-state index contributed by atoms with van der Waals surface area (Å²) in [7, 11) is 1.54. The maximum atomic E-state index is 14.3. The van der Waals surface area contributed by atoms with Gasteiger partial charge in [-0.05, 0) is 51.7 Å². The lowest BCUT2D eigenvalue weighted by Crippen LogP contribution is -2.46. The average molecular weight is 633 g/mol. The first kappa shape index (κ1) is 27.0. The molecule has 2 amide bonds. The van der Waals surface area contributed by atoms with Crippen LogP contribution in [0.25, 0.3) is 10.8 Å². The minimum Gasteiger partial charge on any atom is -0.496 e. The molecule has 3 aliphatic rings. The SMILES string of the molecule is COc1ccc(C(=O)[C@@H]2[C@@H]3C(=O)N(c4cccc5ccccc45)C(=O)[C@H]3[C@@H]3C=C(C(=O)c4ccccc4)C=CN23)cc1Br. The monoisotopic (exact) mass is 632 g/mol. The smallest absolute Gasteiger partial charge is 0.240 e. The molecule has 212 valence electrons. The van der Waals surface area contributed by atoms with Crippen LogP contribution in [0.15, 0.2) is 119 Å². The van der Waals surface area contributed by atoms with Crippen LogP contribution in [0.4, 0.5) is 5.69 Å². The Labute approximate surface area is 256 Å². The summed E-state index contributed by atoms with van der Waals surface area (Å²) in [6.45, 7) is 0. The summed E-state index contributed by atoms with van der Waals surface area (Å²) < 4.78 is 5.94. The Balaban J connectivity index is 1.34. The number of halogens is 1. The van der Waals surface area contributed by atoms with Crippen LogP contribution in [-0.4, -0.2) is 47.5 Å². The molecule has 0 radical (unpaired) electrons. The van der Waals surface area contributed by atoms with E-state index in [1.807, 2.05) is 42.5 Å². The second-order valence-corrected chi connectivity index (χ2v) is 11.6. The number of carbonyl (C=O) groups excluding carboxylic acids is 4. The van der Waals surface area contributed by atoms with E-state index in [0.717, 1.165) is 10.8 Å². The topological polar surface area (TPSA) is 84.0 Å². The van der Waals surface area contributed by atoms with E-state index in [1.165, 1.54) is 12.0 Å². The minimum absolute atomic E-state index is 0.190. The highest BCUT2D eigenvalue weighted by Gasteiger charge is 2.63. The molecule has 0 spiro atoms. The molecule has 3 aliphatic heterocycles. The summed E-state index contributed by atoms with van der Waals surface area (Å²) in [5, 5.41) is 1.66. The first-order chi connectivity index (χ1) is 20.9. The van der Waals surface area contributed by atoms with Gasteiger partial charge in [-0.15, -0.1) is 0 Å². The van der Waals surface area contributed by atoms with Crippen molar-refractivity contribution in [1.82, 2.24) is 4.90 Å². The lowest BCUT2D eigenvalue weighted by molar-refractivity contribution is -0.123. The summed E-state index contributed by atoms with van der Waals surface area (Å²) >= 11 is 3.46. The number of anilines is 1. The molecule has 0 N–H and O–H groups in total. The standard InChI is InChI=1S/C35H25BrN2O5/c1-43-28-15-14-22(18-25(28)36)33(40)31-30-29(27-19-23(16-17-37(27)31)32(39)21-9-3-2-4-10-21)34(41)38(35(30)42)26-13-7-11-20-8-5-6-12-24(20)26/h2-19,27,29-31H,1H3/t27-,29-,30+,31-/m0/s1. The van der Waals surface area contributed by atoms with Gasteiger partial charge >= 0.3 is 0 Å². The number of ketones is 2. The van der Waals surface area contributed by atoms with Crippen molar-refractivity contribution in [2.45, 2.75) is 12.1 Å². The summed E-state index contributed by atoms with van der Waals surface area (Å²) in [6.07, 6.45) is 5.08. The lowest BCUT2D eigenvalue weighted by Gasteiger charge is -2.33. The van der Waals surface area contributed by atoms with Crippen LogP contribution in [0.5, 0.6) is 5.75 Å². The molecular weight excluding hydrogens is 608 g/mol. The zero-order valence-corrected chi connectivity index (χ0v) is 24.6. The second-order valence-electron chi connectivity index (χ2n) is 10.8. The quantitative estimate of drug-likeness (QED) is 0.192. The third-order valence-electron chi connectivity index (χ3n) is 8.56. The molecule has 2 saturated heterocycles. The Morgan fingerprint density at radius 3 is 2.30 bits per heavy atom. The van der Waals surface area contributed by atoms with Gasteiger partial charge in [0.15, 0.2) is 11.6 Å². The van der Waals surface area contributed by atoms with E-state index in [1.54, 1.807) is 71.8 Å². The summed E-state index contributed by atoms with van der Waals surface area (Å²) in [6, 6.07) is 25.4. The molecule has 4 atom stereocenters. The van der Waals surface area contributed by atoms with Gasteiger partial charge in [-0.1, -0.05) is 72.8 Å². The Hall–Kier alpha value is -4.82. The zero-order valence-electron chi connectivity index (χ0n) is 23.0. The summed E-state index contributed by atoms with van der Waals surface area (Å²) in [5.41, 5.74) is 1.80. The van der Waals surface area contributed by atoms with Gasteiger partial charge in [0.1, 0.15) is 11.8 Å². The molecule has 0 aliphatic carbocycles. The number of fused-ring (bicyclic) bond motifs is 4. The van der Waals surface area contributed by atoms with Crippen LogP contribution >= 0.6 is 15.9 Å². The summed E-state index contributed by atoms with van der Waals surface area (Å²) in [5.74, 6) is -2.53. The number of hydrogen-bond acceptors (Lipinski definition) is 6. The molecule has 7 nitrogen and oxygen atoms in total. The van der Waals surface area contributed by atoms with Gasteiger partial charge in [-0.3, -0.25) is 19.2 Å². The largest absolute Gasteiger partial charge is 0.496 e. The van der Waals surface area contributed by atoms with Crippen molar-refractivity contribution >= 4 is 55.8 Å². The van der Waals surface area contributed by atoms with Crippen LogP contribution < -0.4 is 9.64 Å².